The van der Waals surface area contributed by atoms with Gasteiger partial charge in [0.15, 0.2) is 0 Å². The Morgan fingerprint density at radius 3 is 2.53 bits per heavy atom. The van der Waals surface area contributed by atoms with Gasteiger partial charge in [0.25, 0.3) is 10.0 Å². The van der Waals surface area contributed by atoms with Crippen LogP contribution in [-0.2, 0) is 10.0 Å². The molecule has 0 unspecified atom stereocenters. The molecule has 0 aliphatic heterocycles. The van der Waals surface area contributed by atoms with Crippen LogP contribution < -0.4 is 4.72 Å². The number of thioether (sulfide) groups is 1. The molecule has 3 nitrogen and oxygen atoms in total. The maximum Gasteiger partial charge on any atom is 0.271 e. The van der Waals surface area contributed by atoms with E-state index in [4.69, 9.17) is 0 Å². The first-order valence-corrected chi connectivity index (χ1v) is 8.87. The fraction of sp³-hybridized carbons (Fsp3) is 0.167. The first-order chi connectivity index (χ1) is 8.92. The fourth-order valence-corrected chi connectivity index (χ4v) is 4.28. The SMILES string of the molecule is CSc1ccc(NS(=O)(=O)c2ccc(C)s2)cc1F. The molecule has 2 aromatic rings. The number of sulfonamides is 1. The van der Waals surface area contributed by atoms with Gasteiger partial charge in [-0.3, -0.25) is 4.72 Å². The molecule has 0 bridgehead atoms. The molecule has 0 saturated heterocycles. The molecule has 0 radical (unpaired) electrons. The summed E-state index contributed by atoms with van der Waals surface area (Å²) >= 11 is 2.45. The number of anilines is 1. The molecule has 0 aliphatic rings. The van der Waals surface area contributed by atoms with Gasteiger partial charge in [-0.05, 0) is 43.5 Å². The number of nitrogens with one attached hydrogen (secondary N) is 1. The summed E-state index contributed by atoms with van der Waals surface area (Å²) in [4.78, 5) is 1.39. The van der Waals surface area contributed by atoms with Gasteiger partial charge in [0.1, 0.15) is 10.0 Å². The molecule has 7 heteroatoms. The van der Waals surface area contributed by atoms with Crippen LogP contribution in [-0.4, -0.2) is 14.7 Å². The summed E-state index contributed by atoms with van der Waals surface area (Å²) in [5, 5.41) is 0. The lowest BCUT2D eigenvalue weighted by atomic mass is 10.3. The Labute approximate surface area is 119 Å². The van der Waals surface area contributed by atoms with E-state index < -0.39 is 15.8 Å². The maximum atomic E-state index is 13.6. The lowest BCUT2D eigenvalue weighted by Gasteiger charge is -2.07. The predicted molar refractivity (Wildman–Crippen MR) is 78.0 cm³/mol. The van der Waals surface area contributed by atoms with E-state index in [1.54, 1.807) is 24.5 Å². The van der Waals surface area contributed by atoms with Crippen molar-refractivity contribution in [2.45, 2.75) is 16.0 Å². The van der Waals surface area contributed by atoms with Gasteiger partial charge in [-0.15, -0.1) is 23.1 Å². The Kier molecular flexibility index (Phi) is 4.17. The normalized spacial score (nSPS) is 11.5. The second-order valence-corrected chi connectivity index (χ2v) is 7.87. The molecule has 2 rings (SSSR count). The van der Waals surface area contributed by atoms with E-state index in [9.17, 15) is 12.8 Å². The summed E-state index contributed by atoms with van der Waals surface area (Å²) in [6, 6.07) is 7.56. The molecule has 0 saturated carbocycles. The zero-order chi connectivity index (χ0) is 14.0. The topological polar surface area (TPSA) is 46.2 Å². The van der Waals surface area contributed by atoms with Crippen molar-refractivity contribution < 1.29 is 12.8 Å². The molecule has 0 fully saturated rings. The van der Waals surface area contributed by atoms with E-state index in [0.29, 0.717) is 4.90 Å². The summed E-state index contributed by atoms with van der Waals surface area (Å²) in [6.45, 7) is 1.83. The number of hydrogen-bond donors (Lipinski definition) is 1. The summed E-state index contributed by atoms with van der Waals surface area (Å²) in [5.74, 6) is -0.435. The number of thiophene rings is 1. The van der Waals surface area contributed by atoms with Crippen molar-refractivity contribution >= 4 is 38.8 Å². The lowest BCUT2D eigenvalue weighted by Crippen LogP contribution is -2.11. The van der Waals surface area contributed by atoms with Gasteiger partial charge in [-0.25, -0.2) is 12.8 Å². The van der Waals surface area contributed by atoms with E-state index in [-0.39, 0.29) is 9.90 Å². The van der Waals surface area contributed by atoms with Crippen LogP contribution in [0.5, 0.6) is 0 Å². The van der Waals surface area contributed by atoms with Crippen molar-refractivity contribution in [1.82, 2.24) is 0 Å². The smallest absolute Gasteiger partial charge is 0.271 e. The molecule has 0 amide bonds. The van der Waals surface area contributed by atoms with Crippen molar-refractivity contribution in [3.8, 4) is 0 Å². The van der Waals surface area contributed by atoms with Crippen LogP contribution >= 0.6 is 23.1 Å². The first kappa shape index (κ1) is 14.4. The largest absolute Gasteiger partial charge is 0.279 e. The zero-order valence-corrected chi connectivity index (χ0v) is 12.8. The van der Waals surface area contributed by atoms with Crippen molar-refractivity contribution in [3.05, 3.63) is 41.0 Å². The predicted octanol–water partition coefficient (Wildman–Crippen LogP) is 3.72. The minimum absolute atomic E-state index is 0.222. The third-order valence-corrected chi connectivity index (χ3v) is 6.03. The highest BCUT2D eigenvalue weighted by molar-refractivity contribution is 7.98. The standard InChI is InChI=1S/C12H12FNO2S3/c1-8-3-6-12(18-8)19(15,16)14-9-4-5-11(17-2)10(13)7-9/h3-7,14H,1-2H3. The maximum absolute atomic E-state index is 13.6. The molecule has 1 aromatic heterocycles. The quantitative estimate of drug-likeness (QED) is 0.874. The van der Waals surface area contributed by atoms with Gasteiger partial charge in [-0.2, -0.15) is 0 Å². The van der Waals surface area contributed by atoms with Gasteiger partial charge in [0.05, 0.1) is 5.69 Å². The molecule has 0 aliphatic carbocycles. The molecule has 0 atom stereocenters. The molecule has 1 aromatic carbocycles. The Morgan fingerprint density at radius 1 is 1.26 bits per heavy atom. The summed E-state index contributed by atoms with van der Waals surface area (Å²) < 4.78 is 40.3. The Balaban J connectivity index is 2.28. The molecule has 0 spiro atoms. The van der Waals surface area contributed by atoms with Crippen LogP contribution in [0.15, 0.2) is 39.4 Å². The number of hydrogen-bond acceptors (Lipinski definition) is 4. The minimum atomic E-state index is -3.63. The van der Waals surface area contributed by atoms with Crippen LogP contribution in [0, 0.1) is 12.7 Å². The zero-order valence-electron chi connectivity index (χ0n) is 10.3. The van der Waals surface area contributed by atoms with Crippen LogP contribution in [0.2, 0.25) is 0 Å². The van der Waals surface area contributed by atoms with Crippen LogP contribution in [0.3, 0.4) is 0 Å². The molecule has 19 heavy (non-hydrogen) atoms. The van der Waals surface area contributed by atoms with Gasteiger partial charge < -0.3 is 0 Å². The lowest BCUT2D eigenvalue weighted by molar-refractivity contribution is 0.600. The average molecular weight is 317 g/mol. The van der Waals surface area contributed by atoms with Crippen molar-refractivity contribution in [3.63, 3.8) is 0 Å². The Bertz CT molecular complexity index is 695. The molecule has 1 N–H and O–H groups in total. The van der Waals surface area contributed by atoms with E-state index in [0.717, 1.165) is 4.88 Å². The van der Waals surface area contributed by atoms with Crippen LogP contribution in [0.25, 0.3) is 0 Å². The van der Waals surface area contributed by atoms with E-state index in [2.05, 4.69) is 4.72 Å². The number of rotatable bonds is 4. The summed E-state index contributed by atoms with van der Waals surface area (Å²) in [6.07, 6.45) is 1.76. The van der Waals surface area contributed by atoms with E-state index in [1.807, 2.05) is 6.92 Å². The van der Waals surface area contributed by atoms with Gasteiger partial charge in [-0.1, -0.05) is 0 Å². The van der Waals surface area contributed by atoms with Gasteiger partial charge in [0.2, 0.25) is 0 Å². The van der Waals surface area contributed by atoms with Gasteiger partial charge >= 0.3 is 0 Å². The second-order valence-electron chi connectivity index (χ2n) is 3.82. The third kappa shape index (κ3) is 3.29. The molecule has 102 valence electrons. The van der Waals surface area contributed by atoms with Crippen molar-refractivity contribution in [2.75, 3.05) is 11.0 Å². The minimum Gasteiger partial charge on any atom is -0.279 e. The van der Waals surface area contributed by atoms with E-state index >= 15 is 0 Å². The highest BCUT2D eigenvalue weighted by atomic mass is 32.2. The molecular weight excluding hydrogens is 305 g/mol. The summed E-state index contributed by atoms with van der Waals surface area (Å²) in [7, 11) is -3.63. The van der Waals surface area contributed by atoms with Gasteiger partial charge in [0, 0.05) is 9.77 Å². The number of aryl methyl sites for hydroxylation is 1. The second kappa shape index (κ2) is 5.52. The highest BCUT2D eigenvalue weighted by Gasteiger charge is 2.16. The average Bonchev–Trinajstić information content (AvgIpc) is 2.76. The Morgan fingerprint density at radius 2 is 2.00 bits per heavy atom. The van der Waals surface area contributed by atoms with Crippen LogP contribution in [0.4, 0.5) is 10.1 Å². The van der Waals surface area contributed by atoms with E-state index in [1.165, 1.54) is 35.2 Å². The molecular formula is C12H12FNO2S3. The third-order valence-electron chi connectivity index (χ3n) is 2.38. The first-order valence-electron chi connectivity index (χ1n) is 5.35. The number of benzene rings is 1. The van der Waals surface area contributed by atoms with Crippen molar-refractivity contribution in [1.29, 1.82) is 0 Å². The molecule has 1 heterocycles. The highest BCUT2D eigenvalue weighted by Crippen LogP contribution is 2.26. The summed E-state index contributed by atoms with van der Waals surface area (Å²) in [5.41, 5.74) is 0.223. The fourth-order valence-electron chi connectivity index (χ4n) is 1.49. The van der Waals surface area contributed by atoms with Crippen LogP contribution in [0.1, 0.15) is 4.88 Å². The number of halogens is 1. The Hall–Kier alpha value is -1.05. The monoisotopic (exact) mass is 317 g/mol. The van der Waals surface area contributed by atoms with Crippen molar-refractivity contribution in [2.24, 2.45) is 0 Å².